The number of hydrogen-bond acceptors (Lipinski definition) is 0. The predicted molar refractivity (Wildman–Crippen MR) is 95.8 cm³/mol. The first-order valence-electron chi connectivity index (χ1n) is 6.58. The van der Waals surface area contributed by atoms with Crippen molar-refractivity contribution in [1.29, 1.82) is 0 Å². The van der Waals surface area contributed by atoms with Gasteiger partial charge in [-0.3, -0.25) is 0 Å². The predicted octanol–water partition coefficient (Wildman–Crippen LogP) is 5.76. The van der Waals surface area contributed by atoms with E-state index in [1.807, 2.05) is 0 Å². The molecule has 96 valence electrons. The molecule has 0 aliphatic heterocycles. The molecule has 2 heteroatoms. The van der Waals surface area contributed by atoms with Crippen LogP contribution in [0.25, 0.3) is 32.3 Å². The zero-order chi connectivity index (χ0) is 13.5. The number of rotatable bonds is 1. The van der Waals surface area contributed by atoms with Gasteiger partial charge in [-0.1, -0.05) is 82.2 Å². The van der Waals surface area contributed by atoms with Gasteiger partial charge in [-0.05, 0) is 44.9 Å². The van der Waals surface area contributed by atoms with E-state index in [-0.39, 0.29) is 0 Å². The summed E-state index contributed by atoms with van der Waals surface area (Å²) in [5, 5.41) is 9.42. The normalized spacial score (nSPS) is 12.1. The quantitative estimate of drug-likeness (QED) is 0.305. The highest BCUT2D eigenvalue weighted by Crippen LogP contribution is 2.34. The first-order chi connectivity index (χ1) is 9.88. The van der Waals surface area contributed by atoms with Crippen molar-refractivity contribution in [2.45, 2.75) is 0 Å². The Hall–Kier alpha value is -1.43. The fourth-order valence-electron chi connectivity index (χ4n) is 2.95. The van der Waals surface area contributed by atoms with Crippen LogP contribution in [0.1, 0.15) is 0 Å². The average Bonchev–Trinajstić information content (AvgIpc) is 2.53. The van der Waals surface area contributed by atoms with E-state index in [9.17, 15) is 0 Å². The molecule has 0 amide bonds. The van der Waals surface area contributed by atoms with Gasteiger partial charge >= 0.3 is 0 Å². The van der Waals surface area contributed by atoms with Crippen LogP contribution >= 0.6 is 22.8 Å². The minimum absolute atomic E-state index is 0.631. The number of benzene rings is 4. The SMILES string of the molecule is BrPc1cccc2ccc3ccc4ccccc4c3c12. The topological polar surface area (TPSA) is 0 Å². The highest BCUT2D eigenvalue weighted by molar-refractivity contribution is 9.37. The van der Waals surface area contributed by atoms with E-state index in [2.05, 4.69) is 82.2 Å². The van der Waals surface area contributed by atoms with E-state index in [0.29, 0.717) is 7.28 Å². The van der Waals surface area contributed by atoms with Gasteiger partial charge in [0.2, 0.25) is 0 Å². The Labute approximate surface area is 127 Å². The lowest BCUT2D eigenvalue weighted by Crippen LogP contribution is -1.95. The third-order valence-corrected chi connectivity index (χ3v) is 5.75. The van der Waals surface area contributed by atoms with Crippen LogP contribution in [0, 0.1) is 0 Å². The third-order valence-electron chi connectivity index (χ3n) is 3.85. The molecule has 0 aliphatic carbocycles. The molecule has 0 heterocycles. The molecule has 0 spiro atoms. The standard InChI is InChI=1S/C18H12BrP/c19-20-16-7-3-5-13-10-11-14-9-8-12-4-1-2-6-15(12)17(14)18(13)16/h1-11,20H. The molecule has 20 heavy (non-hydrogen) atoms. The Bertz CT molecular complexity index is 938. The minimum atomic E-state index is 0.631. The lowest BCUT2D eigenvalue weighted by atomic mass is 9.96. The van der Waals surface area contributed by atoms with E-state index in [1.165, 1.54) is 37.6 Å². The van der Waals surface area contributed by atoms with Crippen molar-refractivity contribution in [2.24, 2.45) is 0 Å². The van der Waals surface area contributed by atoms with Crippen molar-refractivity contribution in [3.8, 4) is 0 Å². The Morgan fingerprint density at radius 2 is 1.25 bits per heavy atom. The molecule has 0 nitrogen and oxygen atoms in total. The maximum absolute atomic E-state index is 3.66. The van der Waals surface area contributed by atoms with Crippen LogP contribution in [0.5, 0.6) is 0 Å². The Morgan fingerprint density at radius 3 is 2.05 bits per heavy atom. The summed E-state index contributed by atoms with van der Waals surface area (Å²) in [4.78, 5) is 0. The maximum atomic E-state index is 3.66. The van der Waals surface area contributed by atoms with Crippen LogP contribution in [0.4, 0.5) is 0 Å². The van der Waals surface area contributed by atoms with Gasteiger partial charge in [0, 0.05) is 0 Å². The van der Waals surface area contributed by atoms with Gasteiger partial charge in [0.15, 0.2) is 0 Å². The summed E-state index contributed by atoms with van der Waals surface area (Å²) in [6.45, 7) is 0. The van der Waals surface area contributed by atoms with Crippen LogP contribution in [0.15, 0.2) is 66.7 Å². The summed E-state index contributed by atoms with van der Waals surface area (Å²) < 4.78 is 0. The molecule has 0 aliphatic rings. The second-order valence-corrected chi connectivity index (χ2v) is 6.87. The van der Waals surface area contributed by atoms with Gasteiger partial charge < -0.3 is 0 Å². The van der Waals surface area contributed by atoms with Gasteiger partial charge in [0.1, 0.15) is 0 Å². The van der Waals surface area contributed by atoms with E-state index in [1.54, 1.807) is 0 Å². The smallest absolute Gasteiger partial charge is 0.00163 e. The minimum Gasteiger partial charge on any atom is -0.0616 e. The fraction of sp³-hybridized carbons (Fsp3) is 0. The Kier molecular flexibility index (Phi) is 2.98. The molecule has 4 aromatic carbocycles. The lowest BCUT2D eigenvalue weighted by molar-refractivity contribution is 1.79. The molecule has 1 atom stereocenters. The van der Waals surface area contributed by atoms with Gasteiger partial charge in [0.25, 0.3) is 0 Å². The second-order valence-electron chi connectivity index (χ2n) is 4.95. The first kappa shape index (κ1) is 12.3. The monoisotopic (exact) mass is 338 g/mol. The molecule has 0 saturated carbocycles. The number of hydrogen-bond donors (Lipinski definition) is 0. The molecule has 0 bridgehead atoms. The molecule has 0 N–H and O–H groups in total. The average molecular weight is 339 g/mol. The summed E-state index contributed by atoms with van der Waals surface area (Å²) in [6.07, 6.45) is 0. The van der Waals surface area contributed by atoms with Crippen molar-refractivity contribution >= 4 is 60.4 Å². The van der Waals surface area contributed by atoms with E-state index in [4.69, 9.17) is 0 Å². The third kappa shape index (κ3) is 1.78. The second kappa shape index (κ2) is 4.84. The summed E-state index contributed by atoms with van der Waals surface area (Å²) in [5.74, 6) is 0. The Balaban J connectivity index is 2.36. The molecule has 4 rings (SSSR count). The van der Waals surface area contributed by atoms with Gasteiger partial charge in [-0.2, -0.15) is 0 Å². The highest BCUT2D eigenvalue weighted by Gasteiger charge is 2.08. The molecule has 0 aromatic heterocycles. The maximum Gasteiger partial charge on any atom is -0.00163 e. The van der Waals surface area contributed by atoms with Crippen molar-refractivity contribution in [1.82, 2.24) is 0 Å². The van der Waals surface area contributed by atoms with Crippen LogP contribution in [0.3, 0.4) is 0 Å². The molecule has 4 aromatic rings. The lowest BCUT2D eigenvalue weighted by Gasteiger charge is -2.10. The van der Waals surface area contributed by atoms with E-state index >= 15 is 0 Å². The number of halogens is 1. The Morgan fingerprint density at radius 1 is 0.600 bits per heavy atom. The largest absolute Gasteiger partial charge is 0.0616 e. The molecular formula is C18H12BrP. The zero-order valence-corrected chi connectivity index (χ0v) is 13.3. The van der Waals surface area contributed by atoms with E-state index < -0.39 is 0 Å². The highest BCUT2D eigenvalue weighted by atomic mass is 79.9. The molecular weight excluding hydrogens is 327 g/mol. The van der Waals surface area contributed by atoms with Crippen LogP contribution in [0.2, 0.25) is 0 Å². The molecule has 0 saturated heterocycles. The summed E-state index contributed by atoms with van der Waals surface area (Å²) >= 11 is 3.66. The van der Waals surface area contributed by atoms with Crippen molar-refractivity contribution in [3.05, 3.63) is 66.7 Å². The van der Waals surface area contributed by atoms with Crippen LogP contribution < -0.4 is 5.30 Å². The fourth-order valence-corrected chi connectivity index (χ4v) is 4.47. The molecule has 1 unspecified atom stereocenters. The van der Waals surface area contributed by atoms with Crippen LogP contribution in [-0.2, 0) is 0 Å². The van der Waals surface area contributed by atoms with Crippen molar-refractivity contribution in [3.63, 3.8) is 0 Å². The van der Waals surface area contributed by atoms with Gasteiger partial charge in [0.05, 0.1) is 0 Å². The first-order valence-corrected chi connectivity index (χ1v) is 9.84. The van der Waals surface area contributed by atoms with Gasteiger partial charge in [-0.25, -0.2) is 0 Å². The summed E-state index contributed by atoms with van der Waals surface area (Å²) in [7, 11) is 0.631. The molecule has 0 radical (unpaired) electrons. The van der Waals surface area contributed by atoms with Gasteiger partial charge in [-0.15, -0.1) is 0 Å². The van der Waals surface area contributed by atoms with E-state index in [0.717, 1.165) is 0 Å². The summed E-state index contributed by atoms with van der Waals surface area (Å²) in [6, 6.07) is 24.1. The van der Waals surface area contributed by atoms with Crippen LogP contribution in [-0.4, -0.2) is 0 Å². The molecule has 0 fully saturated rings. The number of fused-ring (bicyclic) bond motifs is 5. The zero-order valence-electron chi connectivity index (χ0n) is 10.7. The van der Waals surface area contributed by atoms with Crippen molar-refractivity contribution in [2.75, 3.05) is 0 Å². The summed E-state index contributed by atoms with van der Waals surface area (Å²) in [5.41, 5.74) is 0. The van der Waals surface area contributed by atoms with Crippen molar-refractivity contribution < 1.29 is 0 Å².